The molecule has 2 rings (SSSR count). The number of nitrogens with zero attached hydrogens (tertiary/aromatic N) is 1. The Labute approximate surface area is 72.5 Å². The van der Waals surface area contributed by atoms with E-state index in [-0.39, 0.29) is 6.10 Å². The summed E-state index contributed by atoms with van der Waals surface area (Å²) < 4.78 is 5.65. The van der Waals surface area contributed by atoms with Gasteiger partial charge in [-0.3, -0.25) is 4.99 Å². The Morgan fingerprint density at radius 3 is 3.25 bits per heavy atom. The molecule has 0 amide bonds. The molecule has 1 saturated heterocycles. The quantitative estimate of drug-likeness (QED) is 0.610. The first-order valence-electron chi connectivity index (χ1n) is 4.43. The van der Waals surface area contributed by atoms with E-state index in [2.05, 4.69) is 23.3 Å². The standard InChI is InChI=1S/C9H14N2O/c1-7-9(12-5-4-11-7)8-2-3-10-6-8/h2,6-7,9,11H,3-5H2,1H3. The van der Waals surface area contributed by atoms with Gasteiger partial charge in [0.25, 0.3) is 0 Å². The van der Waals surface area contributed by atoms with E-state index in [1.54, 1.807) is 0 Å². The van der Waals surface area contributed by atoms with Gasteiger partial charge in [0, 0.05) is 18.8 Å². The molecule has 2 unspecified atom stereocenters. The molecule has 2 heterocycles. The number of rotatable bonds is 1. The monoisotopic (exact) mass is 166 g/mol. The van der Waals surface area contributed by atoms with Gasteiger partial charge in [-0.25, -0.2) is 0 Å². The fourth-order valence-corrected chi connectivity index (χ4v) is 1.67. The van der Waals surface area contributed by atoms with Crippen molar-refractivity contribution in [2.75, 3.05) is 19.7 Å². The molecular weight excluding hydrogens is 152 g/mol. The predicted molar refractivity (Wildman–Crippen MR) is 48.6 cm³/mol. The van der Waals surface area contributed by atoms with Crippen molar-refractivity contribution in [2.24, 2.45) is 4.99 Å². The van der Waals surface area contributed by atoms with Crippen LogP contribution in [-0.2, 0) is 4.74 Å². The summed E-state index contributed by atoms with van der Waals surface area (Å²) in [7, 11) is 0. The van der Waals surface area contributed by atoms with Crippen LogP contribution in [0.2, 0.25) is 0 Å². The highest BCUT2D eigenvalue weighted by Crippen LogP contribution is 2.15. The van der Waals surface area contributed by atoms with Crippen molar-refractivity contribution in [3.8, 4) is 0 Å². The summed E-state index contributed by atoms with van der Waals surface area (Å²) in [5.41, 5.74) is 1.23. The Balaban J connectivity index is 2.05. The smallest absolute Gasteiger partial charge is 0.0987 e. The highest BCUT2D eigenvalue weighted by atomic mass is 16.5. The van der Waals surface area contributed by atoms with Gasteiger partial charge in [-0.2, -0.15) is 0 Å². The summed E-state index contributed by atoms with van der Waals surface area (Å²) in [5, 5.41) is 3.38. The maximum atomic E-state index is 5.65. The number of morpholine rings is 1. The zero-order valence-corrected chi connectivity index (χ0v) is 7.29. The van der Waals surface area contributed by atoms with Gasteiger partial charge in [-0.1, -0.05) is 6.08 Å². The SMILES string of the molecule is CC1NCCOC1C1=CCN=C1. The second-order valence-corrected chi connectivity index (χ2v) is 3.23. The van der Waals surface area contributed by atoms with Crippen molar-refractivity contribution in [1.82, 2.24) is 5.32 Å². The molecule has 0 aliphatic carbocycles. The molecule has 2 atom stereocenters. The van der Waals surface area contributed by atoms with E-state index in [1.807, 2.05) is 6.21 Å². The van der Waals surface area contributed by atoms with Gasteiger partial charge in [0.05, 0.1) is 19.3 Å². The van der Waals surface area contributed by atoms with Crippen molar-refractivity contribution in [3.63, 3.8) is 0 Å². The van der Waals surface area contributed by atoms with Gasteiger partial charge < -0.3 is 10.1 Å². The number of hydrogen-bond acceptors (Lipinski definition) is 3. The van der Waals surface area contributed by atoms with Crippen LogP contribution in [0.25, 0.3) is 0 Å². The highest BCUT2D eigenvalue weighted by Gasteiger charge is 2.24. The first kappa shape index (κ1) is 7.95. The van der Waals surface area contributed by atoms with E-state index in [0.29, 0.717) is 6.04 Å². The Bertz CT molecular complexity index is 223. The lowest BCUT2D eigenvalue weighted by Crippen LogP contribution is -2.47. The van der Waals surface area contributed by atoms with E-state index >= 15 is 0 Å². The molecule has 0 aromatic heterocycles. The van der Waals surface area contributed by atoms with Gasteiger partial charge in [0.15, 0.2) is 0 Å². The topological polar surface area (TPSA) is 33.6 Å². The van der Waals surface area contributed by atoms with E-state index in [0.717, 1.165) is 19.7 Å². The van der Waals surface area contributed by atoms with Crippen molar-refractivity contribution < 1.29 is 4.74 Å². The fourth-order valence-electron chi connectivity index (χ4n) is 1.67. The van der Waals surface area contributed by atoms with Crippen LogP contribution in [0, 0.1) is 0 Å². The molecule has 66 valence electrons. The van der Waals surface area contributed by atoms with Crippen LogP contribution in [0.1, 0.15) is 6.92 Å². The minimum atomic E-state index is 0.213. The number of ether oxygens (including phenoxy) is 1. The fraction of sp³-hybridized carbons (Fsp3) is 0.667. The lowest BCUT2D eigenvalue weighted by Gasteiger charge is -2.30. The Hall–Kier alpha value is -0.670. The van der Waals surface area contributed by atoms with Crippen molar-refractivity contribution in [1.29, 1.82) is 0 Å². The van der Waals surface area contributed by atoms with Crippen LogP contribution >= 0.6 is 0 Å². The number of hydrogen-bond donors (Lipinski definition) is 1. The van der Waals surface area contributed by atoms with Gasteiger partial charge in [-0.15, -0.1) is 0 Å². The summed E-state index contributed by atoms with van der Waals surface area (Å²) in [6, 6.07) is 0.412. The molecule has 0 spiro atoms. The first-order chi connectivity index (χ1) is 5.88. The molecule has 3 nitrogen and oxygen atoms in total. The molecule has 0 bridgehead atoms. The molecule has 0 saturated carbocycles. The Morgan fingerprint density at radius 1 is 1.67 bits per heavy atom. The van der Waals surface area contributed by atoms with Crippen LogP contribution in [0.4, 0.5) is 0 Å². The Kier molecular flexibility index (Phi) is 2.23. The van der Waals surface area contributed by atoms with Crippen molar-refractivity contribution in [2.45, 2.75) is 19.1 Å². The highest BCUT2D eigenvalue weighted by molar-refractivity contribution is 5.82. The van der Waals surface area contributed by atoms with E-state index in [4.69, 9.17) is 4.74 Å². The molecule has 1 N–H and O–H groups in total. The zero-order valence-electron chi connectivity index (χ0n) is 7.29. The van der Waals surface area contributed by atoms with Crippen LogP contribution in [-0.4, -0.2) is 38.1 Å². The summed E-state index contributed by atoms with van der Waals surface area (Å²) >= 11 is 0. The van der Waals surface area contributed by atoms with E-state index in [1.165, 1.54) is 5.57 Å². The number of nitrogens with one attached hydrogen (secondary N) is 1. The second-order valence-electron chi connectivity index (χ2n) is 3.23. The maximum Gasteiger partial charge on any atom is 0.0987 e. The normalized spacial score (nSPS) is 35.2. The van der Waals surface area contributed by atoms with E-state index < -0.39 is 0 Å². The minimum absolute atomic E-state index is 0.213. The van der Waals surface area contributed by atoms with E-state index in [9.17, 15) is 0 Å². The minimum Gasteiger partial charge on any atom is -0.371 e. The maximum absolute atomic E-state index is 5.65. The van der Waals surface area contributed by atoms with Gasteiger partial charge in [0.2, 0.25) is 0 Å². The first-order valence-corrected chi connectivity index (χ1v) is 4.43. The van der Waals surface area contributed by atoms with Crippen LogP contribution in [0.3, 0.4) is 0 Å². The number of aliphatic imine (C=N–C) groups is 1. The van der Waals surface area contributed by atoms with Crippen molar-refractivity contribution in [3.05, 3.63) is 11.6 Å². The lowest BCUT2D eigenvalue weighted by molar-refractivity contribution is 0.0282. The average molecular weight is 166 g/mol. The van der Waals surface area contributed by atoms with Crippen LogP contribution in [0.5, 0.6) is 0 Å². The molecule has 12 heavy (non-hydrogen) atoms. The zero-order chi connectivity index (χ0) is 8.39. The third-order valence-electron chi connectivity index (χ3n) is 2.32. The molecule has 0 aromatic carbocycles. The third-order valence-corrected chi connectivity index (χ3v) is 2.32. The van der Waals surface area contributed by atoms with Crippen LogP contribution < -0.4 is 5.32 Å². The lowest BCUT2D eigenvalue weighted by atomic mass is 10.0. The van der Waals surface area contributed by atoms with Gasteiger partial charge in [-0.05, 0) is 12.5 Å². The average Bonchev–Trinajstić information content (AvgIpc) is 2.57. The molecular formula is C9H14N2O. The predicted octanol–water partition coefficient (Wildman–Crippen LogP) is 0.374. The molecule has 0 aromatic rings. The summed E-state index contributed by atoms with van der Waals surface area (Å²) in [6.45, 7) is 4.74. The summed E-state index contributed by atoms with van der Waals surface area (Å²) in [5.74, 6) is 0. The third kappa shape index (κ3) is 1.42. The molecule has 1 fully saturated rings. The second kappa shape index (κ2) is 3.37. The van der Waals surface area contributed by atoms with Crippen LogP contribution in [0.15, 0.2) is 16.6 Å². The van der Waals surface area contributed by atoms with Crippen molar-refractivity contribution >= 4 is 6.21 Å². The summed E-state index contributed by atoms with van der Waals surface area (Å²) in [4.78, 5) is 4.15. The largest absolute Gasteiger partial charge is 0.371 e. The molecule has 0 radical (unpaired) electrons. The molecule has 2 aliphatic heterocycles. The Morgan fingerprint density at radius 2 is 2.58 bits per heavy atom. The summed E-state index contributed by atoms with van der Waals surface area (Å²) in [6.07, 6.45) is 4.27. The molecule has 3 heteroatoms. The van der Waals surface area contributed by atoms with Gasteiger partial charge in [0.1, 0.15) is 0 Å². The van der Waals surface area contributed by atoms with Gasteiger partial charge >= 0.3 is 0 Å². The molecule has 2 aliphatic rings.